The second-order valence-corrected chi connectivity index (χ2v) is 4.21. The molecule has 0 aliphatic rings. The summed E-state index contributed by atoms with van der Waals surface area (Å²) in [4.78, 5) is 23.7. The molecule has 2 rings (SSSR count). The Morgan fingerprint density at radius 1 is 1.37 bits per heavy atom. The molecule has 0 fully saturated rings. The van der Waals surface area contributed by atoms with Gasteiger partial charge < -0.3 is 5.73 Å². The molecule has 7 nitrogen and oxygen atoms in total. The van der Waals surface area contributed by atoms with Crippen molar-refractivity contribution in [3.05, 3.63) is 51.1 Å². The fraction of sp³-hybridized carbons (Fsp3) is 0.417. The molecule has 0 spiro atoms. The van der Waals surface area contributed by atoms with Crippen molar-refractivity contribution >= 4 is 0 Å². The van der Waals surface area contributed by atoms with Gasteiger partial charge in [0.15, 0.2) is 0 Å². The van der Waals surface area contributed by atoms with Gasteiger partial charge in [0, 0.05) is 43.7 Å². The van der Waals surface area contributed by atoms with Crippen LogP contribution in [0.25, 0.3) is 0 Å². The fourth-order valence-corrected chi connectivity index (χ4v) is 1.87. The maximum absolute atomic E-state index is 12.1. The summed E-state index contributed by atoms with van der Waals surface area (Å²) in [7, 11) is 0. The van der Waals surface area contributed by atoms with Gasteiger partial charge in [-0.25, -0.2) is 4.79 Å². The highest BCUT2D eigenvalue weighted by Gasteiger charge is 2.06. The van der Waals surface area contributed by atoms with E-state index < -0.39 is 0 Å². The zero-order valence-corrected chi connectivity index (χ0v) is 10.8. The number of nitrogens with two attached hydrogens (primary N) is 1. The summed E-state index contributed by atoms with van der Waals surface area (Å²) < 4.78 is 4.41. The zero-order chi connectivity index (χ0) is 13.8. The van der Waals surface area contributed by atoms with E-state index in [1.54, 1.807) is 10.9 Å². The average Bonchev–Trinajstić information content (AvgIpc) is 2.86. The fourth-order valence-electron chi connectivity index (χ4n) is 1.87. The number of aromatic nitrogens is 4. The molecule has 0 radical (unpaired) electrons. The monoisotopic (exact) mass is 263 g/mol. The highest BCUT2D eigenvalue weighted by molar-refractivity contribution is 5.05. The highest BCUT2D eigenvalue weighted by Crippen LogP contribution is 1.99. The van der Waals surface area contributed by atoms with E-state index in [0.717, 1.165) is 16.7 Å². The topological polar surface area (TPSA) is 87.8 Å². The third kappa shape index (κ3) is 2.82. The van der Waals surface area contributed by atoms with Crippen LogP contribution >= 0.6 is 0 Å². The number of nitrogens with zero attached hydrogens (tertiary/aromatic N) is 4. The maximum Gasteiger partial charge on any atom is 0.331 e. The lowest BCUT2D eigenvalue weighted by Gasteiger charge is -2.07. The summed E-state index contributed by atoms with van der Waals surface area (Å²) in [5.41, 5.74) is 5.65. The second-order valence-electron chi connectivity index (χ2n) is 4.21. The van der Waals surface area contributed by atoms with E-state index in [0.29, 0.717) is 6.54 Å². The molecule has 0 saturated heterocycles. The van der Waals surface area contributed by atoms with Crippen molar-refractivity contribution in [3.8, 4) is 0 Å². The van der Waals surface area contributed by atoms with Gasteiger partial charge in [-0.1, -0.05) is 0 Å². The van der Waals surface area contributed by atoms with Gasteiger partial charge >= 0.3 is 5.69 Å². The summed E-state index contributed by atoms with van der Waals surface area (Å²) in [6.45, 7) is 3.65. The van der Waals surface area contributed by atoms with Crippen LogP contribution in [0.3, 0.4) is 0 Å². The van der Waals surface area contributed by atoms with Gasteiger partial charge in [0.1, 0.15) is 0 Å². The van der Waals surface area contributed by atoms with Gasteiger partial charge in [0.05, 0.1) is 12.7 Å². The lowest BCUT2D eigenvalue weighted by Crippen LogP contribution is -2.40. The summed E-state index contributed by atoms with van der Waals surface area (Å²) >= 11 is 0. The largest absolute Gasteiger partial charge is 0.331 e. The molecular formula is C12H17N5O2. The van der Waals surface area contributed by atoms with Crippen molar-refractivity contribution in [3.63, 3.8) is 0 Å². The minimum atomic E-state index is -0.345. The molecule has 19 heavy (non-hydrogen) atoms. The first kappa shape index (κ1) is 13.3. The lowest BCUT2D eigenvalue weighted by atomic mass is 10.3. The molecule has 7 heteroatoms. The smallest absolute Gasteiger partial charge is 0.329 e. The minimum absolute atomic E-state index is 0.229. The van der Waals surface area contributed by atoms with Crippen LogP contribution in [0, 0.1) is 0 Å². The first-order valence-electron chi connectivity index (χ1n) is 6.17. The van der Waals surface area contributed by atoms with Crippen molar-refractivity contribution in [2.24, 2.45) is 5.73 Å². The standard InChI is InChI=1S/C12H17N5O2/c1-2-16-9-10(7-14-16)8-15-5-3-11(18)17(6-4-13)12(15)19/h3,5,7,9H,2,4,6,8,13H2,1H3. The Hall–Kier alpha value is -2.15. The summed E-state index contributed by atoms with van der Waals surface area (Å²) in [6.07, 6.45) is 5.10. The zero-order valence-electron chi connectivity index (χ0n) is 10.8. The molecule has 0 saturated carbocycles. The Morgan fingerprint density at radius 3 is 2.79 bits per heavy atom. The Morgan fingerprint density at radius 2 is 2.16 bits per heavy atom. The molecule has 0 bridgehead atoms. The van der Waals surface area contributed by atoms with Gasteiger partial charge in [-0.05, 0) is 6.92 Å². The van der Waals surface area contributed by atoms with Crippen molar-refractivity contribution < 1.29 is 0 Å². The van der Waals surface area contributed by atoms with E-state index >= 15 is 0 Å². The first-order valence-corrected chi connectivity index (χ1v) is 6.17. The first-order chi connectivity index (χ1) is 9.15. The maximum atomic E-state index is 12.1. The molecule has 0 amide bonds. The van der Waals surface area contributed by atoms with E-state index in [9.17, 15) is 9.59 Å². The SMILES string of the molecule is CCn1cc(Cn2ccc(=O)n(CCN)c2=O)cn1. The Labute approximate surface area is 109 Å². The molecular weight excluding hydrogens is 246 g/mol. The van der Waals surface area contributed by atoms with Crippen LogP contribution in [-0.2, 0) is 19.6 Å². The third-order valence-corrected chi connectivity index (χ3v) is 2.86. The summed E-state index contributed by atoms with van der Waals surface area (Å²) in [5, 5.41) is 4.15. The molecule has 0 aliphatic heterocycles. The predicted molar refractivity (Wildman–Crippen MR) is 71.0 cm³/mol. The molecule has 2 N–H and O–H groups in total. The van der Waals surface area contributed by atoms with Crippen molar-refractivity contribution in [1.82, 2.24) is 18.9 Å². The van der Waals surface area contributed by atoms with E-state index in [1.165, 1.54) is 16.8 Å². The molecule has 102 valence electrons. The van der Waals surface area contributed by atoms with Crippen LogP contribution in [0.1, 0.15) is 12.5 Å². The van der Waals surface area contributed by atoms with E-state index in [1.807, 2.05) is 13.1 Å². The molecule has 0 aliphatic carbocycles. The molecule has 2 aromatic rings. The van der Waals surface area contributed by atoms with Crippen LogP contribution in [0.15, 0.2) is 34.2 Å². The number of rotatable bonds is 5. The Balaban J connectivity index is 2.33. The van der Waals surface area contributed by atoms with Crippen LogP contribution in [0.5, 0.6) is 0 Å². The molecule has 2 aromatic heterocycles. The number of hydrogen-bond acceptors (Lipinski definition) is 4. The van der Waals surface area contributed by atoms with Crippen molar-refractivity contribution in [2.75, 3.05) is 6.54 Å². The molecule has 0 aromatic carbocycles. The van der Waals surface area contributed by atoms with Gasteiger partial charge in [0.2, 0.25) is 0 Å². The van der Waals surface area contributed by atoms with E-state index in [4.69, 9.17) is 5.73 Å². The van der Waals surface area contributed by atoms with E-state index in [2.05, 4.69) is 5.10 Å². The van der Waals surface area contributed by atoms with Gasteiger partial charge in [-0.15, -0.1) is 0 Å². The van der Waals surface area contributed by atoms with E-state index in [-0.39, 0.29) is 24.3 Å². The molecule has 2 heterocycles. The lowest BCUT2D eigenvalue weighted by molar-refractivity contribution is 0.579. The Kier molecular flexibility index (Phi) is 3.96. The predicted octanol–water partition coefficient (Wildman–Crippen LogP) is -0.767. The highest BCUT2D eigenvalue weighted by atomic mass is 16.2. The number of hydrogen-bond donors (Lipinski definition) is 1. The summed E-state index contributed by atoms with van der Waals surface area (Å²) in [6, 6.07) is 1.38. The van der Waals surface area contributed by atoms with Gasteiger partial charge in [-0.2, -0.15) is 5.10 Å². The van der Waals surface area contributed by atoms with Crippen molar-refractivity contribution in [1.29, 1.82) is 0 Å². The quantitative estimate of drug-likeness (QED) is 0.767. The normalized spacial score (nSPS) is 10.8. The van der Waals surface area contributed by atoms with Crippen LogP contribution in [0.2, 0.25) is 0 Å². The van der Waals surface area contributed by atoms with Crippen LogP contribution in [-0.4, -0.2) is 25.5 Å². The second kappa shape index (κ2) is 5.66. The van der Waals surface area contributed by atoms with Gasteiger partial charge in [0.25, 0.3) is 5.56 Å². The molecule has 0 unspecified atom stereocenters. The van der Waals surface area contributed by atoms with Crippen molar-refractivity contribution in [2.45, 2.75) is 26.6 Å². The average molecular weight is 263 g/mol. The Bertz CT molecular complexity index is 667. The number of aryl methyl sites for hydroxylation is 1. The van der Waals surface area contributed by atoms with Crippen LogP contribution in [0.4, 0.5) is 0 Å². The van der Waals surface area contributed by atoms with Crippen LogP contribution < -0.4 is 17.0 Å². The minimum Gasteiger partial charge on any atom is -0.329 e. The van der Waals surface area contributed by atoms with Gasteiger partial charge in [-0.3, -0.25) is 18.6 Å². The summed E-state index contributed by atoms with van der Waals surface area (Å²) in [5.74, 6) is 0. The molecule has 0 atom stereocenters. The third-order valence-electron chi connectivity index (χ3n) is 2.86.